The molecule has 1 aliphatic heterocycles. The van der Waals surface area contributed by atoms with Gasteiger partial charge in [0, 0.05) is 45.7 Å². The fourth-order valence-corrected chi connectivity index (χ4v) is 2.49. The highest BCUT2D eigenvalue weighted by Crippen LogP contribution is 2.24. The second-order valence-electron chi connectivity index (χ2n) is 5.65. The third kappa shape index (κ3) is 3.69. The van der Waals surface area contributed by atoms with Crippen LogP contribution in [0.25, 0.3) is 0 Å². The standard InChI is InChI=1S/C15H25N3O2/c1-3-13(16)14-5-4-12(10-17-14)18(2)11-15(19)6-8-20-9-7-15/h4-5,10,13,19H,3,6-9,11,16H2,1-2H3. The Morgan fingerprint density at radius 1 is 1.45 bits per heavy atom. The van der Waals surface area contributed by atoms with Crippen molar-refractivity contribution in [1.29, 1.82) is 0 Å². The van der Waals surface area contributed by atoms with Gasteiger partial charge < -0.3 is 20.5 Å². The van der Waals surface area contributed by atoms with Crippen molar-refractivity contribution in [3.05, 3.63) is 24.0 Å². The SMILES string of the molecule is CCC(N)c1ccc(N(C)CC2(O)CCOCC2)cn1. The summed E-state index contributed by atoms with van der Waals surface area (Å²) in [4.78, 5) is 6.45. The van der Waals surface area contributed by atoms with Gasteiger partial charge in [0.2, 0.25) is 0 Å². The van der Waals surface area contributed by atoms with E-state index in [4.69, 9.17) is 10.5 Å². The molecule has 0 radical (unpaired) electrons. The van der Waals surface area contributed by atoms with Crippen LogP contribution in [0.5, 0.6) is 0 Å². The van der Waals surface area contributed by atoms with E-state index in [0.717, 1.165) is 17.8 Å². The number of nitrogens with two attached hydrogens (primary N) is 1. The molecule has 1 atom stereocenters. The van der Waals surface area contributed by atoms with Gasteiger partial charge in [-0.2, -0.15) is 0 Å². The molecule has 0 saturated carbocycles. The zero-order chi connectivity index (χ0) is 14.6. The highest BCUT2D eigenvalue weighted by Gasteiger charge is 2.31. The van der Waals surface area contributed by atoms with Gasteiger partial charge in [0.1, 0.15) is 0 Å². The molecule has 2 rings (SSSR count). The van der Waals surface area contributed by atoms with Crippen LogP contribution in [0.15, 0.2) is 18.3 Å². The molecule has 0 spiro atoms. The van der Waals surface area contributed by atoms with Crippen LogP contribution in [0.1, 0.15) is 37.9 Å². The molecule has 0 aromatic carbocycles. The number of aliphatic hydroxyl groups is 1. The summed E-state index contributed by atoms with van der Waals surface area (Å²) < 4.78 is 5.30. The van der Waals surface area contributed by atoms with Gasteiger partial charge in [-0.3, -0.25) is 4.98 Å². The van der Waals surface area contributed by atoms with Gasteiger partial charge in [0.15, 0.2) is 0 Å². The minimum absolute atomic E-state index is 0.00552. The molecule has 1 aliphatic rings. The summed E-state index contributed by atoms with van der Waals surface area (Å²) in [5, 5.41) is 10.5. The molecule has 5 heteroatoms. The van der Waals surface area contributed by atoms with Crippen LogP contribution in [0.4, 0.5) is 5.69 Å². The van der Waals surface area contributed by atoms with E-state index in [-0.39, 0.29) is 6.04 Å². The number of hydrogen-bond acceptors (Lipinski definition) is 5. The van der Waals surface area contributed by atoms with Gasteiger partial charge in [-0.1, -0.05) is 6.92 Å². The number of pyridine rings is 1. The van der Waals surface area contributed by atoms with E-state index in [1.54, 1.807) is 0 Å². The van der Waals surface area contributed by atoms with Crippen LogP contribution in [0, 0.1) is 0 Å². The van der Waals surface area contributed by atoms with Gasteiger partial charge >= 0.3 is 0 Å². The zero-order valence-corrected chi connectivity index (χ0v) is 12.4. The van der Waals surface area contributed by atoms with E-state index in [9.17, 15) is 5.11 Å². The largest absolute Gasteiger partial charge is 0.388 e. The van der Waals surface area contributed by atoms with Crippen molar-refractivity contribution >= 4 is 5.69 Å². The van der Waals surface area contributed by atoms with Crippen molar-refractivity contribution in [2.75, 3.05) is 31.7 Å². The second kappa shape index (κ2) is 6.52. The highest BCUT2D eigenvalue weighted by molar-refractivity contribution is 5.44. The summed E-state index contributed by atoms with van der Waals surface area (Å²) in [6, 6.07) is 3.98. The van der Waals surface area contributed by atoms with E-state index < -0.39 is 5.60 Å². The summed E-state index contributed by atoms with van der Waals surface area (Å²) in [5.74, 6) is 0. The second-order valence-corrected chi connectivity index (χ2v) is 5.65. The van der Waals surface area contributed by atoms with Crippen molar-refractivity contribution in [2.45, 2.75) is 37.8 Å². The molecule has 2 heterocycles. The average molecular weight is 279 g/mol. The average Bonchev–Trinajstić information content (AvgIpc) is 2.47. The van der Waals surface area contributed by atoms with E-state index in [1.807, 2.05) is 37.2 Å². The summed E-state index contributed by atoms with van der Waals surface area (Å²) in [6.45, 7) is 3.91. The Morgan fingerprint density at radius 3 is 2.70 bits per heavy atom. The van der Waals surface area contributed by atoms with Gasteiger partial charge in [-0.15, -0.1) is 0 Å². The predicted octanol–water partition coefficient (Wildman–Crippen LogP) is 1.47. The lowest BCUT2D eigenvalue weighted by Gasteiger charge is -2.36. The Hall–Kier alpha value is -1.17. The van der Waals surface area contributed by atoms with E-state index in [0.29, 0.717) is 32.6 Å². The Bertz CT molecular complexity index is 416. The monoisotopic (exact) mass is 279 g/mol. The molecule has 5 nitrogen and oxygen atoms in total. The van der Waals surface area contributed by atoms with Gasteiger partial charge in [-0.05, 0) is 18.6 Å². The summed E-state index contributed by atoms with van der Waals surface area (Å²) >= 11 is 0. The first-order valence-corrected chi connectivity index (χ1v) is 7.27. The zero-order valence-electron chi connectivity index (χ0n) is 12.4. The lowest BCUT2D eigenvalue weighted by molar-refractivity contribution is -0.0572. The number of aromatic nitrogens is 1. The fraction of sp³-hybridized carbons (Fsp3) is 0.667. The first-order chi connectivity index (χ1) is 9.54. The van der Waals surface area contributed by atoms with Crippen molar-refractivity contribution < 1.29 is 9.84 Å². The van der Waals surface area contributed by atoms with Crippen LogP contribution in [-0.4, -0.2) is 42.5 Å². The Labute approximate surface area is 120 Å². The Kier molecular flexibility index (Phi) is 4.96. The minimum atomic E-state index is -0.661. The molecular formula is C15H25N3O2. The van der Waals surface area contributed by atoms with Crippen molar-refractivity contribution in [3.8, 4) is 0 Å². The lowest BCUT2D eigenvalue weighted by atomic mass is 9.94. The molecule has 0 aliphatic carbocycles. The molecule has 20 heavy (non-hydrogen) atoms. The third-order valence-electron chi connectivity index (χ3n) is 3.99. The third-order valence-corrected chi connectivity index (χ3v) is 3.99. The van der Waals surface area contributed by atoms with Crippen LogP contribution in [0.3, 0.4) is 0 Å². The van der Waals surface area contributed by atoms with Crippen molar-refractivity contribution in [3.63, 3.8) is 0 Å². The number of hydrogen-bond donors (Lipinski definition) is 2. The Balaban J connectivity index is 2.00. The van der Waals surface area contributed by atoms with Gasteiger partial charge in [0.05, 0.1) is 23.2 Å². The molecule has 0 amide bonds. The molecule has 1 unspecified atom stereocenters. The molecule has 1 aromatic heterocycles. The maximum Gasteiger partial charge on any atom is 0.0865 e. The quantitative estimate of drug-likeness (QED) is 0.854. The highest BCUT2D eigenvalue weighted by atomic mass is 16.5. The van der Waals surface area contributed by atoms with Crippen LogP contribution < -0.4 is 10.6 Å². The lowest BCUT2D eigenvalue weighted by Crippen LogP contribution is -2.45. The number of rotatable bonds is 5. The van der Waals surface area contributed by atoms with Crippen LogP contribution in [0.2, 0.25) is 0 Å². The van der Waals surface area contributed by atoms with Crippen molar-refractivity contribution in [1.82, 2.24) is 4.98 Å². The Morgan fingerprint density at radius 2 is 2.15 bits per heavy atom. The molecule has 1 fully saturated rings. The van der Waals surface area contributed by atoms with Gasteiger partial charge in [-0.25, -0.2) is 0 Å². The van der Waals surface area contributed by atoms with E-state index in [2.05, 4.69) is 4.98 Å². The summed E-state index contributed by atoms with van der Waals surface area (Å²) in [5.41, 5.74) is 7.21. The summed E-state index contributed by atoms with van der Waals surface area (Å²) in [7, 11) is 1.98. The van der Waals surface area contributed by atoms with E-state index >= 15 is 0 Å². The number of anilines is 1. The number of nitrogens with zero attached hydrogens (tertiary/aromatic N) is 2. The minimum Gasteiger partial charge on any atom is -0.388 e. The maximum atomic E-state index is 10.5. The van der Waals surface area contributed by atoms with Gasteiger partial charge in [0.25, 0.3) is 0 Å². The maximum absolute atomic E-state index is 10.5. The van der Waals surface area contributed by atoms with Crippen LogP contribution >= 0.6 is 0 Å². The predicted molar refractivity (Wildman–Crippen MR) is 79.7 cm³/mol. The summed E-state index contributed by atoms with van der Waals surface area (Å²) in [6.07, 6.45) is 4.07. The van der Waals surface area contributed by atoms with Crippen LogP contribution in [-0.2, 0) is 4.74 Å². The van der Waals surface area contributed by atoms with E-state index in [1.165, 1.54) is 0 Å². The molecule has 1 saturated heterocycles. The first kappa shape index (κ1) is 15.2. The smallest absolute Gasteiger partial charge is 0.0865 e. The molecule has 1 aromatic rings. The molecule has 3 N–H and O–H groups in total. The molecular weight excluding hydrogens is 254 g/mol. The molecule has 0 bridgehead atoms. The fourth-order valence-electron chi connectivity index (χ4n) is 2.49. The van der Waals surface area contributed by atoms with Crippen molar-refractivity contribution in [2.24, 2.45) is 5.73 Å². The number of ether oxygens (including phenoxy) is 1. The topological polar surface area (TPSA) is 71.6 Å². The normalized spacial score (nSPS) is 19.6. The first-order valence-electron chi connectivity index (χ1n) is 7.27. The number of likely N-dealkylation sites (N-methyl/N-ethyl adjacent to an activating group) is 1. The molecule has 112 valence electrons.